The van der Waals surface area contributed by atoms with Crippen LogP contribution in [-0.2, 0) is 40.2 Å². The second kappa shape index (κ2) is 12.5. The van der Waals surface area contributed by atoms with Crippen LogP contribution in [0, 0.1) is 0 Å². The number of H-pyrrole nitrogens is 1. The molecule has 270 valence electrons. The number of aromatic amines is 1. The number of nitrogens with one attached hydrogen (secondary N) is 2. The molecule has 17 nitrogen and oxygen atoms in total. The number of carbonyl (C=O) groups excluding carboxylic acids is 2. The lowest BCUT2D eigenvalue weighted by Crippen LogP contribution is -2.25. The lowest BCUT2D eigenvalue weighted by Gasteiger charge is -2.25. The van der Waals surface area contributed by atoms with Crippen molar-refractivity contribution in [2.45, 2.75) is 19.6 Å². The van der Waals surface area contributed by atoms with Crippen LogP contribution in [0.2, 0.25) is 0 Å². The van der Waals surface area contributed by atoms with E-state index >= 15 is 0 Å². The molecule has 4 aromatic carbocycles. The third kappa shape index (κ3) is 6.22. The Hall–Kier alpha value is -5.13. The minimum absolute atomic E-state index is 0.0113. The highest BCUT2D eigenvalue weighted by Gasteiger charge is 2.37. The summed E-state index contributed by atoms with van der Waals surface area (Å²) in [6, 6.07) is 13.9. The molecule has 0 spiro atoms. The van der Waals surface area contributed by atoms with Gasteiger partial charge in [0.15, 0.2) is 21.4 Å². The van der Waals surface area contributed by atoms with Crippen LogP contribution in [0.1, 0.15) is 31.8 Å². The second-order valence-corrected chi connectivity index (χ2v) is 17.5. The summed E-state index contributed by atoms with van der Waals surface area (Å²) in [7, 11) is -21.3. The Bertz CT molecular complexity index is 2920. The molecular weight excluding hydrogens is 769 g/mol. The first-order chi connectivity index (χ1) is 24.2. The smallest absolute Gasteiger partial charge is 0.296 e. The van der Waals surface area contributed by atoms with Crippen molar-refractivity contribution in [3.63, 3.8) is 0 Å². The van der Waals surface area contributed by atoms with E-state index in [9.17, 15) is 66.8 Å². The molecule has 52 heavy (non-hydrogen) atoms. The van der Waals surface area contributed by atoms with E-state index in [1.165, 1.54) is 48.5 Å². The van der Waals surface area contributed by atoms with Crippen molar-refractivity contribution in [1.29, 1.82) is 0 Å². The number of hydrogen-bond donors (Lipinski definition) is 6. The molecule has 0 radical (unpaired) electrons. The number of aromatic nitrogens is 1. The molecule has 21 heteroatoms. The van der Waals surface area contributed by atoms with Gasteiger partial charge in [0.05, 0.1) is 45.3 Å². The largest absolute Gasteiger partial charge is 0.395 e. The summed E-state index contributed by atoms with van der Waals surface area (Å²) in [6.45, 7) is -1.07. The summed E-state index contributed by atoms with van der Waals surface area (Å²) in [4.78, 5) is 38.8. The van der Waals surface area contributed by atoms with Gasteiger partial charge >= 0.3 is 0 Å². The standard InChI is InChI=1S/C31H22N2O15S4/c34-10-11-49(38,39)21-12-18(20(50(40,41)42)14-22(21)51(43,44)45)32-19-13-23(52(46,47)48)28-26-24(16-8-4-5-9-17(16)30(36)25(19)26)27(31(37)33-28)29(35)15-6-2-1-3-7-15/h1-9,12-14,32,34H,10-11H2,(H,33,37)(H,40,41,42)(H,43,44,45)(H,46,47,48). The fourth-order valence-corrected chi connectivity index (χ4v) is 9.72. The van der Waals surface area contributed by atoms with Crippen molar-refractivity contribution < 1.29 is 62.0 Å². The number of rotatable bonds is 10. The predicted molar refractivity (Wildman–Crippen MR) is 182 cm³/mol. The lowest BCUT2D eigenvalue weighted by atomic mass is 9.80. The fraction of sp³-hybridized carbons (Fsp3) is 0.0645. The van der Waals surface area contributed by atoms with Crippen LogP contribution < -0.4 is 10.9 Å². The fourth-order valence-electron chi connectivity index (χ4n) is 5.91. The molecule has 0 amide bonds. The van der Waals surface area contributed by atoms with Crippen molar-refractivity contribution in [2.24, 2.45) is 0 Å². The van der Waals surface area contributed by atoms with Crippen LogP contribution in [0.3, 0.4) is 0 Å². The van der Waals surface area contributed by atoms with Gasteiger partial charge in [-0.2, -0.15) is 25.3 Å². The van der Waals surface area contributed by atoms with Gasteiger partial charge in [0, 0.05) is 22.1 Å². The molecule has 0 unspecified atom stereocenters. The van der Waals surface area contributed by atoms with E-state index in [1.54, 1.807) is 6.07 Å². The van der Waals surface area contributed by atoms with E-state index in [4.69, 9.17) is 0 Å². The maximum absolute atomic E-state index is 14.2. The van der Waals surface area contributed by atoms with Crippen molar-refractivity contribution in [3.8, 4) is 11.1 Å². The highest BCUT2D eigenvalue weighted by atomic mass is 32.2. The predicted octanol–water partition coefficient (Wildman–Crippen LogP) is 2.22. The topological polar surface area (TPSA) is 297 Å². The average Bonchev–Trinajstić information content (AvgIpc) is 3.05. The van der Waals surface area contributed by atoms with Gasteiger partial charge in [-0.15, -0.1) is 0 Å². The molecule has 1 aliphatic rings. The Morgan fingerprint density at radius 3 is 1.79 bits per heavy atom. The van der Waals surface area contributed by atoms with E-state index in [0.29, 0.717) is 12.1 Å². The molecule has 0 bridgehead atoms. The summed E-state index contributed by atoms with van der Waals surface area (Å²) in [5, 5.41) is 11.2. The Labute approximate surface area is 293 Å². The molecule has 0 atom stereocenters. The van der Waals surface area contributed by atoms with Crippen molar-refractivity contribution in [2.75, 3.05) is 17.7 Å². The zero-order valence-electron chi connectivity index (χ0n) is 25.8. The number of benzene rings is 4. The minimum atomic E-state index is -5.55. The summed E-state index contributed by atoms with van der Waals surface area (Å²) < 4.78 is 131. The number of aliphatic hydroxyl groups excluding tert-OH is 1. The van der Waals surface area contributed by atoms with E-state index in [2.05, 4.69) is 10.3 Å². The normalized spacial score (nSPS) is 13.2. The first kappa shape index (κ1) is 36.7. The number of hydrogen-bond acceptors (Lipinski definition) is 13. The Morgan fingerprint density at radius 2 is 1.21 bits per heavy atom. The van der Waals surface area contributed by atoms with Gasteiger partial charge in [0.1, 0.15) is 14.7 Å². The summed E-state index contributed by atoms with van der Waals surface area (Å²) in [6.07, 6.45) is 0. The van der Waals surface area contributed by atoms with Gasteiger partial charge in [-0.05, 0) is 23.8 Å². The molecular formula is C31H22N2O15S4. The molecule has 5 aromatic rings. The zero-order valence-corrected chi connectivity index (χ0v) is 29.0. The van der Waals surface area contributed by atoms with E-state index in [1.807, 2.05) is 0 Å². The number of sulfone groups is 1. The molecule has 0 saturated carbocycles. The van der Waals surface area contributed by atoms with Crippen LogP contribution in [0.4, 0.5) is 11.4 Å². The first-order valence-electron chi connectivity index (χ1n) is 14.4. The zero-order chi connectivity index (χ0) is 38.1. The van der Waals surface area contributed by atoms with Crippen molar-refractivity contribution >= 4 is 74.0 Å². The maximum atomic E-state index is 14.2. The Kier molecular flexibility index (Phi) is 8.83. The average molecular weight is 791 g/mol. The monoisotopic (exact) mass is 790 g/mol. The molecule has 0 aliphatic heterocycles. The van der Waals surface area contributed by atoms with E-state index < -0.39 is 123 Å². The third-order valence-corrected chi connectivity index (χ3v) is 12.6. The number of aliphatic hydroxyl groups is 1. The van der Waals surface area contributed by atoms with Gasteiger partial charge in [-0.25, -0.2) is 8.42 Å². The summed E-state index contributed by atoms with van der Waals surface area (Å²) in [5.41, 5.74) is -5.00. The number of anilines is 2. The van der Waals surface area contributed by atoms with Crippen LogP contribution >= 0.6 is 0 Å². The lowest BCUT2D eigenvalue weighted by molar-refractivity contribution is 0.102. The third-order valence-electron chi connectivity index (χ3n) is 8.03. The quantitative estimate of drug-likeness (QED) is 0.0856. The van der Waals surface area contributed by atoms with Crippen molar-refractivity contribution in [1.82, 2.24) is 4.98 Å². The van der Waals surface area contributed by atoms with E-state index in [0.717, 1.165) is 0 Å². The second-order valence-electron chi connectivity index (χ2n) is 11.2. The van der Waals surface area contributed by atoms with Gasteiger partial charge < -0.3 is 15.4 Å². The highest BCUT2D eigenvalue weighted by Crippen LogP contribution is 2.46. The Morgan fingerprint density at radius 1 is 0.654 bits per heavy atom. The van der Waals surface area contributed by atoms with Crippen LogP contribution in [-0.4, -0.2) is 81.3 Å². The van der Waals surface area contributed by atoms with Crippen molar-refractivity contribution in [3.05, 3.63) is 105 Å². The van der Waals surface area contributed by atoms with E-state index in [-0.39, 0.29) is 28.3 Å². The summed E-state index contributed by atoms with van der Waals surface area (Å²) in [5.74, 6) is -2.93. The Balaban J connectivity index is 1.80. The number of fused-ring (bicyclic) bond motifs is 2. The minimum Gasteiger partial charge on any atom is -0.395 e. The SMILES string of the molecule is O=C(c1ccccc1)c1c2c3c(c(Nc4cc(S(=O)(=O)CCO)c(S(=O)(=O)O)cc4S(=O)(=O)O)cc(S(=O)(=O)O)c3[nH]c1=O)C(=O)c1ccccc1-2. The molecule has 0 fully saturated rings. The molecule has 1 heterocycles. The molecule has 1 aliphatic carbocycles. The number of carbonyl (C=O) groups is 2. The maximum Gasteiger partial charge on any atom is 0.296 e. The molecule has 6 rings (SSSR count). The first-order valence-corrected chi connectivity index (χ1v) is 20.4. The molecule has 0 saturated heterocycles. The molecule has 6 N–H and O–H groups in total. The van der Waals surface area contributed by atoms with Crippen LogP contribution in [0.15, 0.2) is 97.2 Å². The summed E-state index contributed by atoms with van der Waals surface area (Å²) >= 11 is 0. The van der Waals surface area contributed by atoms with Gasteiger partial charge in [-0.3, -0.25) is 28.0 Å². The van der Waals surface area contributed by atoms with Gasteiger partial charge in [0.2, 0.25) is 0 Å². The van der Waals surface area contributed by atoms with Crippen LogP contribution in [0.5, 0.6) is 0 Å². The molecule has 1 aromatic heterocycles. The van der Waals surface area contributed by atoms with Gasteiger partial charge in [0.25, 0.3) is 35.9 Å². The van der Waals surface area contributed by atoms with Crippen LogP contribution in [0.25, 0.3) is 22.0 Å². The van der Waals surface area contributed by atoms with Gasteiger partial charge in [-0.1, -0.05) is 54.6 Å². The highest BCUT2D eigenvalue weighted by molar-refractivity contribution is 7.93. The number of pyridine rings is 1. The number of ketones is 2.